The molecule has 1 amide bonds. The number of esters is 2. The van der Waals surface area contributed by atoms with Gasteiger partial charge in [0.1, 0.15) is 11.6 Å². The van der Waals surface area contributed by atoms with Crippen molar-refractivity contribution in [2.45, 2.75) is 66.5 Å². The number of ether oxygens (including phenoxy) is 3. The van der Waals surface area contributed by atoms with Crippen LogP contribution in [-0.2, 0) is 25.5 Å². The van der Waals surface area contributed by atoms with E-state index in [2.05, 4.69) is 5.32 Å². The van der Waals surface area contributed by atoms with Gasteiger partial charge >= 0.3 is 24.0 Å². The first-order valence-electron chi connectivity index (χ1n) is 9.98. The molecule has 2 N–H and O–H groups in total. The van der Waals surface area contributed by atoms with Crippen LogP contribution in [0.2, 0.25) is 0 Å². The van der Waals surface area contributed by atoms with Crippen molar-refractivity contribution in [1.82, 2.24) is 5.32 Å². The summed E-state index contributed by atoms with van der Waals surface area (Å²) in [6.07, 6.45) is -0.979. The van der Waals surface area contributed by atoms with Crippen molar-refractivity contribution in [1.29, 1.82) is 0 Å². The first kappa shape index (κ1) is 25.9. The maximum atomic E-state index is 12.1. The van der Waals surface area contributed by atoms with Crippen LogP contribution in [0.25, 0.3) is 0 Å². The lowest BCUT2D eigenvalue weighted by atomic mass is 10.1. The molecule has 9 nitrogen and oxygen atoms in total. The molecule has 1 atom stereocenters. The summed E-state index contributed by atoms with van der Waals surface area (Å²) < 4.78 is 15.7. The molecular weight excluding hydrogens is 406 g/mol. The van der Waals surface area contributed by atoms with Crippen molar-refractivity contribution in [2.75, 3.05) is 0 Å². The molecule has 31 heavy (non-hydrogen) atoms. The van der Waals surface area contributed by atoms with Crippen molar-refractivity contribution in [2.24, 2.45) is 11.8 Å². The van der Waals surface area contributed by atoms with Gasteiger partial charge in [0.15, 0.2) is 11.5 Å². The zero-order chi connectivity index (χ0) is 23.9. The summed E-state index contributed by atoms with van der Waals surface area (Å²) in [4.78, 5) is 47.6. The van der Waals surface area contributed by atoms with Crippen LogP contribution in [-0.4, -0.2) is 40.8 Å². The number of carboxylic acid groups (broad SMARTS) is 1. The smallest absolute Gasteiger partial charge is 0.408 e. The fourth-order valence-corrected chi connectivity index (χ4v) is 2.18. The number of carbonyl (C=O) groups excluding carboxylic acids is 3. The van der Waals surface area contributed by atoms with E-state index in [0.29, 0.717) is 5.56 Å². The van der Waals surface area contributed by atoms with E-state index in [1.54, 1.807) is 48.5 Å². The van der Waals surface area contributed by atoms with E-state index >= 15 is 0 Å². The Balaban J connectivity index is 3.13. The molecule has 0 spiro atoms. The highest BCUT2D eigenvalue weighted by Gasteiger charge is 2.25. The van der Waals surface area contributed by atoms with Crippen molar-refractivity contribution in [3.05, 3.63) is 23.8 Å². The summed E-state index contributed by atoms with van der Waals surface area (Å²) >= 11 is 0. The van der Waals surface area contributed by atoms with E-state index in [9.17, 15) is 24.3 Å². The number of aliphatic carboxylic acids is 1. The van der Waals surface area contributed by atoms with Gasteiger partial charge in [-0.25, -0.2) is 9.59 Å². The van der Waals surface area contributed by atoms with Crippen LogP contribution < -0.4 is 14.8 Å². The van der Waals surface area contributed by atoms with Crippen molar-refractivity contribution >= 4 is 24.0 Å². The van der Waals surface area contributed by atoms with E-state index in [1.165, 1.54) is 18.2 Å². The number of alkyl carbamates (subject to hydrolysis) is 1. The van der Waals surface area contributed by atoms with Crippen LogP contribution in [0.1, 0.15) is 54.0 Å². The summed E-state index contributed by atoms with van der Waals surface area (Å²) in [5.41, 5.74) is -0.341. The highest BCUT2D eigenvalue weighted by atomic mass is 16.6. The number of benzene rings is 1. The van der Waals surface area contributed by atoms with Crippen LogP contribution in [0.5, 0.6) is 11.5 Å². The normalized spacial score (nSPS) is 12.3. The predicted octanol–water partition coefficient (Wildman–Crippen LogP) is 3.33. The van der Waals surface area contributed by atoms with Gasteiger partial charge < -0.3 is 24.6 Å². The lowest BCUT2D eigenvalue weighted by Gasteiger charge is -2.22. The molecule has 1 aromatic rings. The van der Waals surface area contributed by atoms with Gasteiger partial charge in [-0.2, -0.15) is 0 Å². The molecule has 0 saturated carbocycles. The summed E-state index contributed by atoms with van der Waals surface area (Å²) in [7, 11) is 0. The number of carboxylic acids is 1. The Labute approximate surface area is 182 Å². The minimum Gasteiger partial charge on any atom is -0.480 e. The molecule has 9 heteroatoms. The van der Waals surface area contributed by atoms with Crippen LogP contribution >= 0.6 is 0 Å². The predicted molar refractivity (Wildman–Crippen MR) is 112 cm³/mol. The van der Waals surface area contributed by atoms with Crippen LogP contribution in [0.4, 0.5) is 4.79 Å². The highest BCUT2D eigenvalue weighted by Crippen LogP contribution is 2.30. The zero-order valence-electron chi connectivity index (χ0n) is 19.0. The molecule has 0 heterocycles. The second-order valence-electron chi connectivity index (χ2n) is 8.67. The van der Waals surface area contributed by atoms with Gasteiger partial charge in [0.25, 0.3) is 0 Å². The summed E-state index contributed by atoms with van der Waals surface area (Å²) in [6.45, 7) is 11.6. The number of nitrogens with one attached hydrogen (secondary N) is 1. The third-order valence-corrected chi connectivity index (χ3v) is 3.80. The Kier molecular flexibility index (Phi) is 9.02. The lowest BCUT2D eigenvalue weighted by Crippen LogP contribution is -2.44. The van der Waals surface area contributed by atoms with Crippen LogP contribution in [0, 0.1) is 11.8 Å². The molecule has 0 aliphatic heterocycles. The molecule has 0 aliphatic rings. The molecule has 0 aromatic heterocycles. The fourth-order valence-electron chi connectivity index (χ4n) is 2.18. The minimum absolute atomic E-state index is 0.00777. The average Bonchev–Trinajstić information content (AvgIpc) is 2.61. The van der Waals surface area contributed by atoms with Crippen molar-refractivity contribution in [3.8, 4) is 11.5 Å². The molecular formula is C22H31NO8. The number of hydrogen-bond acceptors (Lipinski definition) is 7. The van der Waals surface area contributed by atoms with Gasteiger partial charge in [-0.15, -0.1) is 0 Å². The van der Waals surface area contributed by atoms with Gasteiger partial charge in [0.05, 0.1) is 11.8 Å². The van der Waals surface area contributed by atoms with Gasteiger partial charge in [0.2, 0.25) is 0 Å². The largest absolute Gasteiger partial charge is 0.480 e. The van der Waals surface area contributed by atoms with Gasteiger partial charge in [-0.1, -0.05) is 33.8 Å². The molecule has 0 radical (unpaired) electrons. The molecule has 0 fully saturated rings. The first-order valence-corrected chi connectivity index (χ1v) is 9.98. The summed E-state index contributed by atoms with van der Waals surface area (Å²) in [5, 5.41) is 11.8. The average molecular weight is 437 g/mol. The first-order chi connectivity index (χ1) is 14.2. The van der Waals surface area contributed by atoms with Crippen LogP contribution in [0.15, 0.2) is 18.2 Å². The molecule has 1 aromatic carbocycles. The number of amides is 1. The second-order valence-corrected chi connectivity index (χ2v) is 8.67. The molecule has 0 saturated heterocycles. The summed E-state index contributed by atoms with van der Waals surface area (Å²) in [6, 6.07) is 3.08. The highest BCUT2D eigenvalue weighted by molar-refractivity contribution is 5.81. The van der Waals surface area contributed by atoms with Gasteiger partial charge in [-0.05, 0) is 38.5 Å². The van der Waals surface area contributed by atoms with E-state index in [1.807, 2.05) is 0 Å². The SMILES string of the molecule is CC(C)C(=O)Oc1ccc(C[C@H](NC(=O)OC(C)(C)C)C(=O)O)cc1OC(=O)C(C)C. The molecule has 0 bridgehead atoms. The maximum Gasteiger partial charge on any atom is 0.408 e. The molecule has 0 aliphatic carbocycles. The third kappa shape index (κ3) is 9.06. The third-order valence-electron chi connectivity index (χ3n) is 3.80. The minimum atomic E-state index is -1.28. The van der Waals surface area contributed by atoms with Crippen LogP contribution in [0.3, 0.4) is 0 Å². The van der Waals surface area contributed by atoms with E-state index in [4.69, 9.17) is 14.2 Å². The Hall–Kier alpha value is -3.10. The standard InChI is InChI=1S/C22H31NO8/c1-12(2)19(26)29-16-9-8-14(11-17(16)30-20(27)13(3)4)10-15(18(24)25)23-21(28)31-22(5,6)7/h8-9,11-13,15H,10H2,1-7H3,(H,23,28)(H,24,25)/t15-/m0/s1. The Bertz CT molecular complexity index is 823. The van der Waals surface area contributed by atoms with E-state index < -0.39 is 47.5 Å². The number of hydrogen-bond donors (Lipinski definition) is 2. The summed E-state index contributed by atoms with van der Waals surface area (Å²) in [5.74, 6) is -3.11. The number of rotatable bonds is 8. The molecule has 1 rings (SSSR count). The Morgan fingerprint density at radius 2 is 1.45 bits per heavy atom. The topological polar surface area (TPSA) is 128 Å². The molecule has 172 valence electrons. The second kappa shape index (κ2) is 10.8. The number of carbonyl (C=O) groups is 4. The maximum absolute atomic E-state index is 12.1. The van der Waals surface area contributed by atoms with E-state index in [0.717, 1.165) is 0 Å². The zero-order valence-corrected chi connectivity index (χ0v) is 19.0. The lowest BCUT2D eigenvalue weighted by molar-refractivity contribution is -0.140. The quantitative estimate of drug-likeness (QED) is 0.468. The van der Waals surface area contributed by atoms with Crippen molar-refractivity contribution in [3.63, 3.8) is 0 Å². The van der Waals surface area contributed by atoms with Gasteiger partial charge in [-0.3, -0.25) is 9.59 Å². The van der Waals surface area contributed by atoms with Crippen molar-refractivity contribution < 1.29 is 38.5 Å². The Morgan fingerprint density at radius 3 is 1.90 bits per heavy atom. The van der Waals surface area contributed by atoms with Gasteiger partial charge in [0, 0.05) is 6.42 Å². The Morgan fingerprint density at radius 1 is 0.935 bits per heavy atom. The molecule has 0 unspecified atom stereocenters. The fraction of sp³-hybridized carbons (Fsp3) is 0.545. The van der Waals surface area contributed by atoms with E-state index in [-0.39, 0.29) is 17.9 Å². The monoisotopic (exact) mass is 437 g/mol.